The molecule has 5 heteroatoms. The molecule has 15 rings (SSSR count). The van der Waals surface area contributed by atoms with Crippen LogP contribution in [0.5, 0.6) is 0 Å². The monoisotopic (exact) mass is 962 g/mol. The van der Waals surface area contributed by atoms with Gasteiger partial charge in [-0.2, -0.15) is 0 Å². The fourth-order valence-corrected chi connectivity index (χ4v) is 11.3. The van der Waals surface area contributed by atoms with E-state index in [2.05, 4.69) is 242 Å². The normalized spacial score (nSPS) is 11.9. The molecule has 12 aromatic carbocycles. The number of para-hydroxylation sites is 2. The van der Waals surface area contributed by atoms with E-state index in [9.17, 15) is 0 Å². The molecule has 0 aliphatic carbocycles. The SMILES string of the molecule is Cc1ccc(N(c2ccc3cc4c(cc3c2)oc2cc3cc(N(c5ccc(C)cc5)c5cc6oc7ccccc7c6cc5-c5ccccc5)ccc3cc24)c2cc3oc4ccccc4c3cc2-c2ccccc2)cc1. The third-order valence-electron chi connectivity index (χ3n) is 15.1. The van der Waals surface area contributed by atoms with E-state index in [1.54, 1.807) is 0 Å². The predicted octanol–water partition coefficient (Wildman–Crippen LogP) is 20.6. The highest BCUT2D eigenvalue weighted by molar-refractivity contribution is 6.15. The highest BCUT2D eigenvalue weighted by Crippen LogP contribution is 2.48. The van der Waals surface area contributed by atoms with Gasteiger partial charge >= 0.3 is 0 Å². The summed E-state index contributed by atoms with van der Waals surface area (Å²) in [5.41, 5.74) is 18.2. The van der Waals surface area contributed by atoms with E-state index in [1.165, 1.54) is 11.1 Å². The van der Waals surface area contributed by atoms with Gasteiger partial charge in [-0.15, -0.1) is 0 Å². The molecule has 0 aliphatic rings. The quantitative estimate of drug-likeness (QED) is 0.152. The van der Waals surface area contributed by atoms with Crippen molar-refractivity contribution in [3.8, 4) is 22.3 Å². The summed E-state index contributed by atoms with van der Waals surface area (Å²) in [6.07, 6.45) is 0. The molecule has 3 aromatic heterocycles. The van der Waals surface area contributed by atoms with Crippen molar-refractivity contribution in [2.24, 2.45) is 0 Å². The molecule has 0 aliphatic heterocycles. The molecule has 0 unspecified atom stereocenters. The molecular formula is C70H46N2O3. The van der Waals surface area contributed by atoms with Crippen LogP contribution in [0.1, 0.15) is 11.1 Å². The summed E-state index contributed by atoms with van der Waals surface area (Å²) >= 11 is 0. The van der Waals surface area contributed by atoms with Crippen molar-refractivity contribution in [3.63, 3.8) is 0 Å². The third-order valence-corrected chi connectivity index (χ3v) is 15.1. The minimum Gasteiger partial charge on any atom is -0.456 e. The van der Waals surface area contributed by atoms with Crippen LogP contribution in [0.25, 0.3) is 110 Å². The smallest absolute Gasteiger partial charge is 0.137 e. The lowest BCUT2D eigenvalue weighted by Crippen LogP contribution is -2.11. The number of furan rings is 3. The second-order valence-corrected chi connectivity index (χ2v) is 19.9. The summed E-state index contributed by atoms with van der Waals surface area (Å²) in [6.45, 7) is 4.26. The Hall–Kier alpha value is -9.84. The predicted molar refractivity (Wildman–Crippen MR) is 313 cm³/mol. The van der Waals surface area contributed by atoms with E-state index in [1.807, 2.05) is 24.3 Å². The summed E-state index contributed by atoms with van der Waals surface area (Å²) in [4.78, 5) is 4.72. The number of hydrogen-bond acceptors (Lipinski definition) is 5. The van der Waals surface area contributed by atoms with Crippen molar-refractivity contribution >= 4 is 121 Å². The molecule has 0 spiro atoms. The van der Waals surface area contributed by atoms with Crippen LogP contribution in [0.4, 0.5) is 34.1 Å². The van der Waals surface area contributed by atoms with Crippen LogP contribution in [0, 0.1) is 13.8 Å². The molecular weight excluding hydrogens is 917 g/mol. The average molecular weight is 963 g/mol. The number of nitrogens with zero attached hydrogens (tertiary/aromatic N) is 2. The number of aryl methyl sites for hydroxylation is 2. The molecule has 3 heterocycles. The molecule has 0 amide bonds. The van der Waals surface area contributed by atoms with E-state index in [0.29, 0.717) is 0 Å². The number of benzene rings is 12. The summed E-state index contributed by atoms with van der Waals surface area (Å²) in [5, 5.41) is 11.0. The molecule has 75 heavy (non-hydrogen) atoms. The van der Waals surface area contributed by atoms with Gasteiger partial charge < -0.3 is 23.1 Å². The van der Waals surface area contributed by atoms with Gasteiger partial charge in [-0.3, -0.25) is 0 Å². The van der Waals surface area contributed by atoms with Crippen molar-refractivity contribution in [2.45, 2.75) is 13.8 Å². The Morgan fingerprint density at radius 2 is 0.613 bits per heavy atom. The highest BCUT2D eigenvalue weighted by Gasteiger charge is 2.24. The standard InChI is InChI=1S/C70H46N2O3/c1-43-21-27-51(28-22-43)71(63-41-69-61(55-17-9-11-19-65(55)73-69)39-57(63)45-13-5-3-6-14-45)53-31-25-47-35-59-60-36-48-26-32-54(34-50(48)38-68(60)75-67(59)37-49(47)33-53)72(52-29-23-44(2)24-30-52)64-42-70-62(56-18-10-12-20-66(56)74-70)40-58(64)46-15-7-4-8-16-46/h3-42H,1-2H3. The van der Waals surface area contributed by atoms with Gasteiger partial charge in [-0.1, -0.05) is 145 Å². The Labute approximate surface area is 432 Å². The molecule has 354 valence electrons. The van der Waals surface area contributed by atoms with Gasteiger partial charge in [-0.25, -0.2) is 0 Å². The van der Waals surface area contributed by atoms with E-state index >= 15 is 0 Å². The van der Waals surface area contributed by atoms with Crippen molar-refractivity contribution in [1.29, 1.82) is 0 Å². The number of rotatable bonds is 8. The van der Waals surface area contributed by atoms with Crippen molar-refractivity contribution in [1.82, 2.24) is 0 Å². The van der Waals surface area contributed by atoms with Crippen LogP contribution >= 0.6 is 0 Å². The average Bonchev–Trinajstić information content (AvgIpc) is 4.14. The number of anilines is 6. The summed E-state index contributed by atoms with van der Waals surface area (Å²) in [5.74, 6) is 0. The highest BCUT2D eigenvalue weighted by atomic mass is 16.3. The zero-order valence-corrected chi connectivity index (χ0v) is 41.2. The molecule has 0 bridgehead atoms. The molecule has 15 aromatic rings. The first kappa shape index (κ1) is 42.8. The van der Waals surface area contributed by atoms with Gasteiger partial charge in [0.25, 0.3) is 0 Å². The third kappa shape index (κ3) is 7.15. The lowest BCUT2D eigenvalue weighted by molar-refractivity contribution is 0.668. The summed E-state index contributed by atoms with van der Waals surface area (Å²) in [6, 6.07) is 87.0. The number of hydrogen-bond donors (Lipinski definition) is 0. The van der Waals surface area contributed by atoms with Gasteiger partial charge in [-0.05, 0) is 144 Å². The van der Waals surface area contributed by atoms with Gasteiger partial charge in [0.2, 0.25) is 0 Å². The lowest BCUT2D eigenvalue weighted by Gasteiger charge is -2.28. The van der Waals surface area contributed by atoms with Crippen LogP contribution in [0.15, 0.2) is 256 Å². The molecule has 0 fully saturated rings. The fraction of sp³-hybridized carbons (Fsp3) is 0.0286. The van der Waals surface area contributed by atoms with Gasteiger partial charge in [0.05, 0.1) is 11.4 Å². The van der Waals surface area contributed by atoms with Crippen LogP contribution in [-0.4, -0.2) is 0 Å². The molecule has 0 radical (unpaired) electrons. The van der Waals surface area contributed by atoms with Crippen LogP contribution in [0.2, 0.25) is 0 Å². The number of fused-ring (bicyclic) bond motifs is 11. The maximum atomic E-state index is 6.89. The van der Waals surface area contributed by atoms with Gasteiger partial charge in [0.15, 0.2) is 0 Å². The van der Waals surface area contributed by atoms with Gasteiger partial charge in [0.1, 0.15) is 33.5 Å². The van der Waals surface area contributed by atoms with Crippen LogP contribution in [0.3, 0.4) is 0 Å². The molecule has 0 saturated carbocycles. The Balaban J connectivity index is 0.876. The maximum Gasteiger partial charge on any atom is 0.137 e. The van der Waals surface area contributed by atoms with Gasteiger partial charge in [0, 0.05) is 78.3 Å². The van der Waals surface area contributed by atoms with Crippen molar-refractivity contribution in [2.75, 3.05) is 9.80 Å². The zero-order valence-electron chi connectivity index (χ0n) is 41.2. The molecule has 0 N–H and O–H groups in total. The maximum absolute atomic E-state index is 6.89. The minimum atomic E-state index is 0.841. The molecule has 0 atom stereocenters. The summed E-state index contributed by atoms with van der Waals surface area (Å²) < 4.78 is 20.0. The molecule has 5 nitrogen and oxygen atoms in total. The van der Waals surface area contributed by atoms with E-state index in [0.717, 1.165) is 144 Å². The Morgan fingerprint density at radius 1 is 0.253 bits per heavy atom. The molecule has 0 saturated heterocycles. The summed E-state index contributed by atoms with van der Waals surface area (Å²) in [7, 11) is 0. The topological polar surface area (TPSA) is 45.9 Å². The largest absolute Gasteiger partial charge is 0.456 e. The lowest BCUT2D eigenvalue weighted by atomic mass is 9.98. The Morgan fingerprint density at radius 3 is 1.05 bits per heavy atom. The fourth-order valence-electron chi connectivity index (χ4n) is 11.3. The van der Waals surface area contributed by atoms with Crippen LogP contribution < -0.4 is 9.80 Å². The van der Waals surface area contributed by atoms with E-state index in [4.69, 9.17) is 13.3 Å². The first-order valence-corrected chi connectivity index (χ1v) is 25.5. The zero-order chi connectivity index (χ0) is 49.7. The second-order valence-electron chi connectivity index (χ2n) is 19.9. The second kappa shape index (κ2) is 16.9. The first-order valence-electron chi connectivity index (χ1n) is 25.5. The van der Waals surface area contributed by atoms with E-state index in [-0.39, 0.29) is 0 Å². The van der Waals surface area contributed by atoms with E-state index < -0.39 is 0 Å². The van der Waals surface area contributed by atoms with Crippen molar-refractivity contribution in [3.05, 3.63) is 254 Å². The first-order chi connectivity index (χ1) is 36.9. The Kier molecular flexibility index (Phi) is 9.63. The van der Waals surface area contributed by atoms with Crippen molar-refractivity contribution < 1.29 is 13.3 Å². The minimum absolute atomic E-state index is 0.841. The Bertz CT molecular complexity index is 4420. The van der Waals surface area contributed by atoms with Crippen LogP contribution in [-0.2, 0) is 0 Å².